The number of fused-ring (bicyclic) bond motifs is 1. The van der Waals surface area contributed by atoms with Gasteiger partial charge in [0.15, 0.2) is 0 Å². The molecule has 1 aliphatic carbocycles. The summed E-state index contributed by atoms with van der Waals surface area (Å²) in [5, 5.41) is 5.95. The second-order valence-electron chi connectivity index (χ2n) is 8.00. The summed E-state index contributed by atoms with van der Waals surface area (Å²) in [4.78, 5) is 15.2. The molecule has 2 aliphatic rings. The number of anilines is 1. The van der Waals surface area contributed by atoms with E-state index in [2.05, 4.69) is 14.8 Å². The van der Waals surface area contributed by atoms with E-state index < -0.39 is 59.5 Å². The summed E-state index contributed by atoms with van der Waals surface area (Å²) in [7, 11) is 0. The van der Waals surface area contributed by atoms with Crippen LogP contribution in [0.4, 0.5) is 41.3 Å². The molecule has 1 saturated carbocycles. The van der Waals surface area contributed by atoms with E-state index in [1.54, 1.807) is 0 Å². The van der Waals surface area contributed by atoms with Gasteiger partial charge in [0.25, 0.3) is 0 Å². The number of hydrogen-bond acceptors (Lipinski definition) is 4. The molecular weight excluding hydrogens is 461 g/mol. The quantitative estimate of drug-likeness (QED) is 0.508. The van der Waals surface area contributed by atoms with Gasteiger partial charge in [-0.25, -0.2) is 14.2 Å². The highest BCUT2D eigenvalue weighted by atomic mass is 19.4. The Hall–Kier alpha value is -2.86. The fourth-order valence-corrected chi connectivity index (χ4v) is 4.27. The summed E-state index contributed by atoms with van der Waals surface area (Å²) < 4.78 is 102. The van der Waals surface area contributed by atoms with Crippen molar-refractivity contribution in [3.05, 3.63) is 29.6 Å². The molecule has 1 fully saturated rings. The molecular formula is C20H19F7N4O2. The molecule has 33 heavy (non-hydrogen) atoms. The summed E-state index contributed by atoms with van der Waals surface area (Å²) in [5.41, 5.74) is -2.74. The van der Waals surface area contributed by atoms with Gasteiger partial charge in [-0.3, -0.25) is 10.00 Å². The molecule has 0 bridgehead atoms. The number of pyridine rings is 1. The lowest BCUT2D eigenvalue weighted by Crippen LogP contribution is -2.34. The minimum absolute atomic E-state index is 0.0673. The highest BCUT2D eigenvalue weighted by Gasteiger charge is 2.50. The van der Waals surface area contributed by atoms with E-state index in [0.29, 0.717) is 23.6 Å². The molecule has 2 aromatic heterocycles. The van der Waals surface area contributed by atoms with Gasteiger partial charge in [0.05, 0.1) is 17.3 Å². The highest BCUT2D eigenvalue weighted by Crippen LogP contribution is 2.46. The Bertz CT molecular complexity index is 1030. The predicted octanol–water partition coefficient (Wildman–Crippen LogP) is 6.36. The van der Waals surface area contributed by atoms with Gasteiger partial charge >= 0.3 is 18.4 Å². The molecule has 1 N–H and O–H groups in total. The summed E-state index contributed by atoms with van der Waals surface area (Å²) in [6, 6.07) is 0.434. The number of halogens is 7. The van der Waals surface area contributed by atoms with Crippen LogP contribution in [-0.2, 0) is 10.9 Å². The van der Waals surface area contributed by atoms with Crippen LogP contribution in [0.25, 0.3) is 11.3 Å². The second kappa shape index (κ2) is 8.49. The average molecular weight is 480 g/mol. The molecule has 0 unspecified atom stereocenters. The van der Waals surface area contributed by atoms with Crippen LogP contribution >= 0.6 is 0 Å². The molecule has 3 atom stereocenters. The summed E-state index contributed by atoms with van der Waals surface area (Å²) in [6.07, 6.45) is -12.0. The molecule has 0 spiro atoms. The molecule has 180 valence electrons. The topological polar surface area (TPSA) is 69.0 Å². The first-order chi connectivity index (χ1) is 15.5. The lowest BCUT2D eigenvalue weighted by Gasteiger charge is -2.28. The third-order valence-corrected chi connectivity index (χ3v) is 5.76. The van der Waals surface area contributed by atoms with E-state index in [1.165, 1.54) is 0 Å². The lowest BCUT2D eigenvalue weighted by atomic mass is 9.95. The normalized spacial score (nSPS) is 24.3. The van der Waals surface area contributed by atoms with Crippen molar-refractivity contribution in [1.82, 2.24) is 14.8 Å². The van der Waals surface area contributed by atoms with Crippen molar-refractivity contribution in [1.29, 1.82) is 0 Å². The van der Waals surface area contributed by atoms with Gasteiger partial charge in [-0.2, -0.15) is 31.4 Å². The zero-order valence-electron chi connectivity index (χ0n) is 17.0. The molecule has 0 radical (unpaired) electrons. The number of hydrogen-bond donors (Lipinski definition) is 1. The molecule has 13 heteroatoms. The van der Waals surface area contributed by atoms with Crippen molar-refractivity contribution >= 4 is 11.9 Å². The van der Waals surface area contributed by atoms with Gasteiger partial charge < -0.3 is 4.74 Å². The number of nitrogens with zero attached hydrogens (tertiary/aromatic N) is 3. The Morgan fingerprint density at radius 3 is 2.42 bits per heavy atom. The molecule has 2 aromatic rings. The maximum Gasteiger partial charge on any atom is 0.433 e. The summed E-state index contributed by atoms with van der Waals surface area (Å²) in [6.45, 7) is 0. The smallest absolute Gasteiger partial charge is 0.431 e. The maximum absolute atomic E-state index is 14.8. The number of ether oxygens (including phenoxy) is 1. The number of cyclic esters (lactones) is 1. The number of amides is 1. The summed E-state index contributed by atoms with van der Waals surface area (Å²) in [5.74, 6) is -0.497. The molecule has 1 amide bonds. The highest BCUT2D eigenvalue weighted by molar-refractivity contribution is 5.89. The van der Waals surface area contributed by atoms with Crippen molar-refractivity contribution in [3.63, 3.8) is 0 Å². The standard InChI is InChI=1S/C20H19F7N4O2/c21-11-5-3-1-2-4-6-13(11)31-14(19(22,23)24)9-12(30-31)10-7-8-28-17-15(10)16(20(25,26)27)33-18(32)29-17/h7-9,11,13,16H,1-6H2,(H,28,29,32)/t11-,13+,16-/m1/s1. The Kier molecular flexibility index (Phi) is 5.99. The Morgan fingerprint density at radius 2 is 1.76 bits per heavy atom. The predicted molar refractivity (Wildman–Crippen MR) is 101 cm³/mol. The van der Waals surface area contributed by atoms with E-state index in [1.807, 2.05) is 5.32 Å². The van der Waals surface area contributed by atoms with Gasteiger partial charge in [-0.1, -0.05) is 25.7 Å². The van der Waals surface area contributed by atoms with Crippen molar-refractivity contribution < 1.29 is 40.3 Å². The van der Waals surface area contributed by atoms with Crippen LogP contribution in [0, 0.1) is 0 Å². The molecule has 0 saturated heterocycles. The SMILES string of the molecule is O=C1Nc2nccc(-c3cc(C(F)(F)F)n([C@H]4CCCCCC[C@H]4F)n3)c2[C@H](C(F)(F)F)O1. The largest absolute Gasteiger partial charge is 0.433 e. The van der Waals surface area contributed by atoms with Gasteiger partial charge in [0.1, 0.15) is 17.7 Å². The van der Waals surface area contributed by atoms with Crippen LogP contribution in [0.3, 0.4) is 0 Å². The van der Waals surface area contributed by atoms with Crippen LogP contribution in [0.1, 0.15) is 61.9 Å². The van der Waals surface area contributed by atoms with Crippen molar-refractivity contribution in [2.24, 2.45) is 0 Å². The van der Waals surface area contributed by atoms with E-state index in [0.717, 1.165) is 25.1 Å². The fraction of sp³-hybridized carbons (Fsp3) is 0.550. The van der Waals surface area contributed by atoms with Crippen LogP contribution in [-0.4, -0.2) is 33.2 Å². The van der Waals surface area contributed by atoms with Crippen LogP contribution < -0.4 is 5.32 Å². The number of alkyl halides is 7. The molecule has 6 nitrogen and oxygen atoms in total. The third-order valence-electron chi connectivity index (χ3n) is 5.76. The average Bonchev–Trinajstić information content (AvgIpc) is 3.14. The minimum atomic E-state index is -5.05. The van der Waals surface area contributed by atoms with Crippen molar-refractivity contribution in [2.45, 2.75) is 69.2 Å². The van der Waals surface area contributed by atoms with Crippen molar-refractivity contribution in [2.75, 3.05) is 5.32 Å². The monoisotopic (exact) mass is 480 g/mol. The van der Waals surface area contributed by atoms with E-state index in [4.69, 9.17) is 0 Å². The molecule has 1 aliphatic heterocycles. The third kappa shape index (κ3) is 4.62. The van der Waals surface area contributed by atoms with E-state index >= 15 is 0 Å². The van der Waals surface area contributed by atoms with Gasteiger partial charge in [-0.15, -0.1) is 0 Å². The second-order valence-corrected chi connectivity index (χ2v) is 8.00. The first-order valence-electron chi connectivity index (χ1n) is 10.3. The van der Waals surface area contributed by atoms with Crippen molar-refractivity contribution in [3.8, 4) is 11.3 Å². The Labute approximate surface area is 183 Å². The zero-order valence-corrected chi connectivity index (χ0v) is 17.0. The van der Waals surface area contributed by atoms with Gasteiger partial charge in [0, 0.05) is 11.8 Å². The van der Waals surface area contributed by atoms with Gasteiger partial charge in [0.2, 0.25) is 6.10 Å². The first kappa shape index (κ1) is 23.3. The van der Waals surface area contributed by atoms with Crippen LogP contribution in [0.5, 0.6) is 0 Å². The maximum atomic E-state index is 14.8. The number of aromatic nitrogens is 3. The zero-order chi connectivity index (χ0) is 24.0. The molecule has 3 heterocycles. The van der Waals surface area contributed by atoms with Gasteiger partial charge in [-0.05, 0) is 25.0 Å². The Balaban J connectivity index is 1.86. The van der Waals surface area contributed by atoms with E-state index in [9.17, 15) is 35.5 Å². The Morgan fingerprint density at radius 1 is 1.06 bits per heavy atom. The fourth-order valence-electron chi connectivity index (χ4n) is 4.27. The molecule has 0 aromatic carbocycles. The number of carbonyl (C=O) groups is 1. The number of rotatable bonds is 2. The molecule has 4 rings (SSSR count). The van der Waals surface area contributed by atoms with Crippen LogP contribution in [0.2, 0.25) is 0 Å². The summed E-state index contributed by atoms with van der Waals surface area (Å²) >= 11 is 0. The first-order valence-corrected chi connectivity index (χ1v) is 10.3. The number of carbonyl (C=O) groups excluding carboxylic acids is 1. The number of nitrogens with one attached hydrogen (secondary N) is 1. The van der Waals surface area contributed by atoms with Crippen LogP contribution in [0.15, 0.2) is 18.3 Å². The lowest BCUT2D eigenvalue weighted by molar-refractivity contribution is -0.206. The van der Waals surface area contributed by atoms with E-state index in [-0.39, 0.29) is 18.4 Å². The minimum Gasteiger partial charge on any atom is -0.431 e.